The van der Waals surface area contributed by atoms with Crippen molar-refractivity contribution in [1.82, 2.24) is 0 Å². The van der Waals surface area contributed by atoms with Gasteiger partial charge < -0.3 is 10.5 Å². The van der Waals surface area contributed by atoms with Gasteiger partial charge in [-0.1, -0.05) is 25.1 Å². The molecule has 94 valence electrons. The third kappa shape index (κ3) is 2.85. The van der Waals surface area contributed by atoms with Crippen molar-refractivity contribution in [3.63, 3.8) is 0 Å². The Bertz CT molecular complexity index is 365. The molecule has 17 heavy (non-hydrogen) atoms. The minimum absolute atomic E-state index is 0.146. The molecule has 1 aromatic carbocycles. The summed E-state index contributed by atoms with van der Waals surface area (Å²) < 4.78 is 19.7. The molecule has 1 aliphatic rings. The summed E-state index contributed by atoms with van der Waals surface area (Å²) in [6, 6.07) is 6.62. The molecule has 0 saturated heterocycles. The first-order valence-electron chi connectivity index (χ1n) is 6.37. The maximum Gasteiger partial charge on any atom is 0.129 e. The molecule has 2 nitrogen and oxygen atoms in total. The number of benzene rings is 1. The van der Waals surface area contributed by atoms with Gasteiger partial charge in [-0.3, -0.25) is 0 Å². The molecule has 1 aliphatic carbocycles. The lowest BCUT2D eigenvalue weighted by atomic mass is 9.94. The average Bonchev–Trinajstić information content (AvgIpc) is 2.29. The predicted octanol–water partition coefficient (Wildman–Crippen LogP) is 3.17. The van der Waals surface area contributed by atoms with Gasteiger partial charge in [-0.2, -0.15) is 0 Å². The normalized spacial score (nSPS) is 19.7. The minimum Gasteiger partial charge on any atom is -0.369 e. The summed E-state index contributed by atoms with van der Waals surface area (Å²) in [5.41, 5.74) is 6.64. The fourth-order valence-corrected chi connectivity index (χ4v) is 2.04. The second-order valence-electron chi connectivity index (χ2n) is 4.70. The molecule has 2 rings (SSSR count). The van der Waals surface area contributed by atoms with E-state index in [2.05, 4.69) is 0 Å². The van der Waals surface area contributed by atoms with Crippen molar-refractivity contribution in [3.8, 4) is 0 Å². The molecule has 0 radical (unpaired) electrons. The van der Waals surface area contributed by atoms with Crippen molar-refractivity contribution in [1.29, 1.82) is 0 Å². The molecule has 1 saturated carbocycles. The molecular weight excluding hydrogens is 217 g/mol. The van der Waals surface area contributed by atoms with E-state index in [9.17, 15) is 4.39 Å². The fraction of sp³-hybridized carbons (Fsp3) is 0.571. The van der Waals surface area contributed by atoms with Gasteiger partial charge in [0, 0.05) is 11.6 Å². The van der Waals surface area contributed by atoms with Gasteiger partial charge in [-0.05, 0) is 31.7 Å². The first-order chi connectivity index (χ1) is 8.22. The summed E-state index contributed by atoms with van der Waals surface area (Å²) in [7, 11) is 0. The highest BCUT2D eigenvalue weighted by molar-refractivity contribution is 5.21. The summed E-state index contributed by atoms with van der Waals surface area (Å²) in [5, 5.41) is 0. The molecule has 2 unspecified atom stereocenters. The third-order valence-corrected chi connectivity index (χ3v) is 3.46. The van der Waals surface area contributed by atoms with Gasteiger partial charge in [-0.25, -0.2) is 4.39 Å². The maximum absolute atomic E-state index is 13.8. The lowest BCUT2D eigenvalue weighted by Gasteiger charge is -2.33. The van der Waals surface area contributed by atoms with E-state index < -0.39 is 0 Å². The Balaban J connectivity index is 2.16. The molecule has 2 atom stereocenters. The van der Waals surface area contributed by atoms with Crippen LogP contribution in [0.3, 0.4) is 0 Å². The molecule has 0 spiro atoms. The first-order valence-corrected chi connectivity index (χ1v) is 6.37. The zero-order valence-electron chi connectivity index (χ0n) is 10.2. The molecule has 0 bridgehead atoms. The molecule has 0 aliphatic heterocycles. The van der Waals surface area contributed by atoms with Crippen LogP contribution in [0.1, 0.15) is 44.3 Å². The summed E-state index contributed by atoms with van der Waals surface area (Å²) >= 11 is 0. The summed E-state index contributed by atoms with van der Waals surface area (Å²) in [6.07, 6.45) is 4.08. The predicted molar refractivity (Wildman–Crippen MR) is 66.1 cm³/mol. The Labute approximate surface area is 102 Å². The molecule has 1 fully saturated rings. The van der Waals surface area contributed by atoms with Crippen LogP contribution >= 0.6 is 0 Å². The number of hydrogen-bond donors (Lipinski definition) is 1. The Kier molecular flexibility index (Phi) is 4.13. The summed E-state index contributed by atoms with van der Waals surface area (Å²) in [5.74, 6) is -0.222. The maximum atomic E-state index is 13.8. The minimum atomic E-state index is -0.313. The van der Waals surface area contributed by atoms with Crippen LogP contribution in [0.5, 0.6) is 0 Å². The molecule has 0 amide bonds. The Hall–Kier alpha value is -0.930. The quantitative estimate of drug-likeness (QED) is 0.853. The van der Waals surface area contributed by atoms with Gasteiger partial charge in [0.05, 0.1) is 6.10 Å². The van der Waals surface area contributed by atoms with Crippen molar-refractivity contribution in [3.05, 3.63) is 35.6 Å². The molecule has 1 aromatic rings. The zero-order valence-corrected chi connectivity index (χ0v) is 10.2. The summed E-state index contributed by atoms with van der Waals surface area (Å²) in [6.45, 7) is 2.00. The van der Waals surface area contributed by atoms with Gasteiger partial charge in [0.15, 0.2) is 0 Å². The van der Waals surface area contributed by atoms with Crippen LogP contribution in [-0.4, -0.2) is 12.1 Å². The largest absolute Gasteiger partial charge is 0.369 e. The van der Waals surface area contributed by atoms with Crippen LogP contribution in [0.4, 0.5) is 4.39 Å². The van der Waals surface area contributed by atoms with Crippen LogP contribution in [0.25, 0.3) is 0 Å². The number of rotatable bonds is 5. The first kappa shape index (κ1) is 12.5. The van der Waals surface area contributed by atoms with Crippen LogP contribution in [-0.2, 0) is 4.74 Å². The van der Waals surface area contributed by atoms with Gasteiger partial charge in [0.1, 0.15) is 11.9 Å². The van der Waals surface area contributed by atoms with Crippen molar-refractivity contribution in [2.45, 2.75) is 50.9 Å². The number of nitrogens with two attached hydrogens (primary N) is 1. The highest BCUT2D eigenvalue weighted by Gasteiger charge is 2.28. The number of ether oxygens (including phenoxy) is 1. The standard InChI is InChI=1S/C14H20FNO/c1-2-13(16)14(17-10-6-5-7-10)11-8-3-4-9-12(11)15/h3-4,8-10,13-14H,2,5-7,16H2,1H3. The van der Waals surface area contributed by atoms with E-state index in [0.717, 1.165) is 19.3 Å². The smallest absolute Gasteiger partial charge is 0.129 e. The van der Waals surface area contributed by atoms with Gasteiger partial charge >= 0.3 is 0 Å². The van der Waals surface area contributed by atoms with Crippen LogP contribution < -0.4 is 5.73 Å². The Morgan fingerprint density at radius 1 is 1.41 bits per heavy atom. The third-order valence-electron chi connectivity index (χ3n) is 3.46. The van der Waals surface area contributed by atoms with Crippen LogP contribution in [0, 0.1) is 5.82 Å². The van der Waals surface area contributed by atoms with E-state index in [1.807, 2.05) is 13.0 Å². The fourth-order valence-electron chi connectivity index (χ4n) is 2.04. The van der Waals surface area contributed by atoms with Gasteiger partial charge in [0.2, 0.25) is 0 Å². The number of hydrogen-bond acceptors (Lipinski definition) is 2. The molecular formula is C14H20FNO. The highest BCUT2D eigenvalue weighted by atomic mass is 19.1. The van der Waals surface area contributed by atoms with E-state index in [4.69, 9.17) is 10.5 Å². The Morgan fingerprint density at radius 3 is 2.65 bits per heavy atom. The van der Waals surface area contributed by atoms with E-state index in [1.165, 1.54) is 12.5 Å². The van der Waals surface area contributed by atoms with Crippen molar-refractivity contribution >= 4 is 0 Å². The van der Waals surface area contributed by atoms with E-state index >= 15 is 0 Å². The highest BCUT2D eigenvalue weighted by Crippen LogP contribution is 2.32. The zero-order chi connectivity index (χ0) is 12.3. The second-order valence-corrected chi connectivity index (χ2v) is 4.70. The molecule has 3 heteroatoms. The van der Waals surface area contributed by atoms with E-state index in [-0.39, 0.29) is 24.1 Å². The lowest BCUT2D eigenvalue weighted by molar-refractivity contribution is -0.0651. The van der Waals surface area contributed by atoms with Crippen molar-refractivity contribution < 1.29 is 9.13 Å². The average molecular weight is 237 g/mol. The molecule has 0 heterocycles. The van der Waals surface area contributed by atoms with Crippen LogP contribution in [0.2, 0.25) is 0 Å². The molecule has 2 N–H and O–H groups in total. The van der Waals surface area contributed by atoms with E-state index in [1.54, 1.807) is 12.1 Å². The van der Waals surface area contributed by atoms with Crippen molar-refractivity contribution in [2.24, 2.45) is 5.73 Å². The second kappa shape index (κ2) is 5.61. The monoisotopic (exact) mass is 237 g/mol. The summed E-state index contributed by atoms with van der Waals surface area (Å²) in [4.78, 5) is 0. The SMILES string of the molecule is CCC(N)C(OC1CCC1)c1ccccc1F. The van der Waals surface area contributed by atoms with E-state index in [0.29, 0.717) is 5.56 Å². The molecule has 0 aromatic heterocycles. The lowest BCUT2D eigenvalue weighted by Crippen LogP contribution is -2.35. The van der Waals surface area contributed by atoms with Gasteiger partial charge in [0.25, 0.3) is 0 Å². The topological polar surface area (TPSA) is 35.2 Å². The van der Waals surface area contributed by atoms with Crippen LogP contribution in [0.15, 0.2) is 24.3 Å². The van der Waals surface area contributed by atoms with Crippen molar-refractivity contribution in [2.75, 3.05) is 0 Å². The number of halogens is 1. The Morgan fingerprint density at radius 2 is 2.12 bits per heavy atom. The van der Waals surface area contributed by atoms with Gasteiger partial charge in [-0.15, -0.1) is 0 Å².